The monoisotopic (exact) mass is 351 g/mol. The first-order chi connectivity index (χ1) is 11.8. The molecule has 0 aromatic rings. The fraction of sp³-hybridized carbons (Fsp3) is 0.947. The Hall–Kier alpha value is -0.420. The Labute approximate surface area is 151 Å². The Balaban J connectivity index is 1.42. The van der Waals surface area contributed by atoms with Crippen LogP contribution in [0.3, 0.4) is 0 Å². The highest BCUT2D eigenvalue weighted by Gasteiger charge is 2.65. The first-order valence-corrected chi connectivity index (χ1v) is 11.3. The molecule has 1 heterocycles. The van der Waals surface area contributed by atoms with E-state index in [1.807, 2.05) is 11.8 Å². The van der Waals surface area contributed by atoms with Gasteiger partial charge in [-0.2, -0.15) is 11.8 Å². The van der Waals surface area contributed by atoms with Crippen molar-refractivity contribution in [3.05, 3.63) is 0 Å². The van der Waals surface area contributed by atoms with Crippen LogP contribution < -0.4 is 10.6 Å². The molecule has 0 aromatic carbocycles. The van der Waals surface area contributed by atoms with E-state index in [1.54, 1.807) is 0 Å². The van der Waals surface area contributed by atoms with Crippen molar-refractivity contribution in [2.24, 2.45) is 16.3 Å². The van der Waals surface area contributed by atoms with E-state index in [0.717, 1.165) is 24.4 Å². The standard InChI is InChI=1S/C19H33N3OS/c1-3-20-18(21-13-6-7-14(12-13)24-2)22-16-15-8-11-23-17(15)19(16)9-4-5-10-19/h13-17H,3-12H2,1-2H3,(H2,20,21,22). The van der Waals surface area contributed by atoms with Gasteiger partial charge in [-0.05, 0) is 51.7 Å². The zero-order valence-electron chi connectivity index (χ0n) is 15.2. The maximum Gasteiger partial charge on any atom is 0.191 e. The van der Waals surface area contributed by atoms with Crippen molar-refractivity contribution >= 4 is 17.7 Å². The lowest BCUT2D eigenvalue weighted by Gasteiger charge is -2.57. The number of aliphatic imine (C=N–C) groups is 1. The van der Waals surface area contributed by atoms with E-state index in [4.69, 9.17) is 9.73 Å². The maximum absolute atomic E-state index is 6.12. The zero-order valence-corrected chi connectivity index (χ0v) is 16.0. The Morgan fingerprint density at radius 2 is 2.04 bits per heavy atom. The lowest BCUT2D eigenvalue weighted by atomic mass is 9.54. The number of guanidine groups is 1. The van der Waals surface area contributed by atoms with Gasteiger partial charge < -0.3 is 15.4 Å². The van der Waals surface area contributed by atoms with Crippen LogP contribution in [0, 0.1) is 11.3 Å². The van der Waals surface area contributed by atoms with E-state index in [9.17, 15) is 0 Å². The van der Waals surface area contributed by atoms with E-state index in [0.29, 0.717) is 29.5 Å². The highest BCUT2D eigenvalue weighted by atomic mass is 32.2. The van der Waals surface area contributed by atoms with Crippen LogP contribution in [0.4, 0.5) is 0 Å². The average Bonchev–Trinajstić information content (AvgIpc) is 3.31. The predicted molar refractivity (Wildman–Crippen MR) is 102 cm³/mol. The summed E-state index contributed by atoms with van der Waals surface area (Å²) in [5.74, 6) is 1.76. The quantitative estimate of drug-likeness (QED) is 0.603. The smallest absolute Gasteiger partial charge is 0.191 e. The maximum atomic E-state index is 6.12. The van der Waals surface area contributed by atoms with Crippen molar-refractivity contribution in [3.8, 4) is 0 Å². The van der Waals surface area contributed by atoms with Crippen LogP contribution in [-0.2, 0) is 4.74 Å². The number of nitrogens with zero attached hydrogens (tertiary/aromatic N) is 1. The van der Waals surface area contributed by atoms with Crippen molar-refractivity contribution < 1.29 is 4.74 Å². The van der Waals surface area contributed by atoms with E-state index in [1.165, 1.54) is 51.4 Å². The molecule has 5 unspecified atom stereocenters. The van der Waals surface area contributed by atoms with E-state index in [2.05, 4.69) is 23.8 Å². The molecule has 0 radical (unpaired) electrons. The van der Waals surface area contributed by atoms with Crippen LogP contribution in [0.15, 0.2) is 4.99 Å². The van der Waals surface area contributed by atoms with E-state index >= 15 is 0 Å². The minimum Gasteiger partial charge on any atom is -0.377 e. The number of fused-ring (bicyclic) bond motifs is 2. The molecule has 4 aliphatic rings. The van der Waals surface area contributed by atoms with Crippen LogP contribution >= 0.6 is 11.8 Å². The molecule has 5 heteroatoms. The third kappa shape index (κ3) is 2.86. The van der Waals surface area contributed by atoms with Crippen LogP contribution in [-0.4, -0.2) is 48.8 Å². The highest BCUT2D eigenvalue weighted by molar-refractivity contribution is 7.99. The van der Waals surface area contributed by atoms with Gasteiger partial charge in [-0.15, -0.1) is 0 Å². The minimum absolute atomic E-state index is 0.398. The summed E-state index contributed by atoms with van der Waals surface area (Å²) in [5.41, 5.74) is 0.398. The van der Waals surface area contributed by atoms with Gasteiger partial charge in [-0.1, -0.05) is 12.8 Å². The molecule has 0 aromatic heterocycles. The Morgan fingerprint density at radius 1 is 1.21 bits per heavy atom. The molecular formula is C19H33N3OS. The van der Waals surface area contributed by atoms with Crippen LogP contribution in [0.1, 0.15) is 58.3 Å². The SMILES string of the molecule is CCN=C(NC1CCC(SC)C1)NC1C2CCOC2C12CCCC2. The van der Waals surface area contributed by atoms with Crippen molar-refractivity contribution in [2.75, 3.05) is 19.4 Å². The topological polar surface area (TPSA) is 45.7 Å². The molecule has 4 nitrogen and oxygen atoms in total. The summed E-state index contributed by atoms with van der Waals surface area (Å²) in [7, 11) is 0. The molecule has 4 fully saturated rings. The lowest BCUT2D eigenvalue weighted by molar-refractivity contribution is -0.125. The first kappa shape index (κ1) is 17.0. The highest BCUT2D eigenvalue weighted by Crippen LogP contribution is 2.60. The molecule has 4 rings (SSSR count). The number of ether oxygens (including phenoxy) is 1. The number of hydrogen-bond acceptors (Lipinski definition) is 3. The summed E-state index contributed by atoms with van der Waals surface area (Å²) in [6, 6.07) is 1.17. The summed E-state index contributed by atoms with van der Waals surface area (Å²) >= 11 is 2.02. The lowest BCUT2D eigenvalue weighted by Crippen LogP contribution is -2.69. The summed E-state index contributed by atoms with van der Waals surface area (Å²) in [6.07, 6.45) is 13.3. The third-order valence-corrected chi connectivity index (χ3v) is 8.05. The number of nitrogens with one attached hydrogen (secondary N) is 2. The molecule has 3 aliphatic carbocycles. The van der Waals surface area contributed by atoms with Gasteiger partial charge >= 0.3 is 0 Å². The van der Waals surface area contributed by atoms with Crippen molar-refractivity contribution in [1.82, 2.24) is 10.6 Å². The Bertz CT molecular complexity index is 477. The fourth-order valence-corrected chi connectivity index (χ4v) is 6.62. The second-order valence-electron chi connectivity index (χ2n) is 8.14. The minimum atomic E-state index is 0.398. The molecule has 0 amide bonds. The molecule has 3 saturated carbocycles. The normalized spacial score (nSPS) is 40.6. The largest absolute Gasteiger partial charge is 0.377 e. The summed E-state index contributed by atoms with van der Waals surface area (Å²) in [4.78, 5) is 4.78. The molecule has 2 N–H and O–H groups in total. The summed E-state index contributed by atoms with van der Waals surface area (Å²) < 4.78 is 6.12. The average molecular weight is 352 g/mol. The van der Waals surface area contributed by atoms with Gasteiger partial charge in [0.05, 0.1) is 6.10 Å². The van der Waals surface area contributed by atoms with Gasteiger partial charge in [0.1, 0.15) is 0 Å². The number of hydrogen-bond donors (Lipinski definition) is 2. The number of rotatable bonds is 4. The summed E-state index contributed by atoms with van der Waals surface area (Å²) in [5, 5.41) is 8.44. The number of thioether (sulfide) groups is 1. The van der Waals surface area contributed by atoms with Crippen LogP contribution in [0.25, 0.3) is 0 Å². The molecule has 5 atom stereocenters. The molecule has 1 saturated heterocycles. The van der Waals surface area contributed by atoms with Crippen LogP contribution in [0.5, 0.6) is 0 Å². The van der Waals surface area contributed by atoms with E-state index < -0.39 is 0 Å². The predicted octanol–water partition coefficient (Wildman–Crippen LogP) is 3.17. The molecule has 136 valence electrons. The second-order valence-corrected chi connectivity index (χ2v) is 9.28. The third-order valence-electron chi connectivity index (χ3n) is 6.95. The first-order valence-electron chi connectivity index (χ1n) is 9.98. The van der Waals surface area contributed by atoms with Gasteiger partial charge in [0.15, 0.2) is 5.96 Å². The second kappa shape index (κ2) is 7.06. The Kier molecular flexibility index (Phi) is 5.01. The van der Waals surface area contributed by atoms with Gasteiger partial charge in [0, 0.05) is 41.8 Å². The van der Waals surface area contributed by atoms with Crippen molar-refractivity contribution in [1.29, 1.82) is 0 Å². The molecule has 24 heavy (non-hydrogen) atoms. The van der Waals surface area contributed by atoms with Gasteiger partial charge in [-0.25, -0.2) is 0 Å². The molecule has 1 aliphatic heterocycles. The van der Waals surface area contributed by atoms with Crippen LogP contribution in [0.2, 0.25) is 0 Å². The van der Waals surface area contributed by atoms with Gasteiger partial charge in [-0.3, -0.25) is 4.99 Å². The van der Waals surface area contributed by atoms with Gasteiger partial charge in [0.25, 0.3) is 0 Å². The fourth-order valence-electron chi connectivity index (χ4n) is 5.82. The summed E-state index contributed by atoms with van der Waals surface area (Å²) in [6.45, 7) is 3.94. The van der Waals surface area contributed by atoms with Crippen molar-refractivity contribution in [3.63, 3.8) is 0 Å². The molecular weight excluding hydrogens is 318 g/mol. The van der Waals surface area contributed by atoms with Crippen molar-refractivity contribution in [2.45, 2.75) is 81.7 Å². The Morgan fingerprint density at radius 3 is 2.75 bits per heavy atom. The van der Waals surface area contributed by atoms with Gasteiger partial charge in [0.2, 0.25) is 0 Å². The molecule has 1 spiro atoms. The van der Waals surface area contributed by atoms with E-state index in [-0.39, 0.29) is 0 Å². The molecule has 0 bridgehead atoms. The zero-order chi connectivity index (χ0) is 16.6.